The van der Waals surface area contributed by atoms with Crippen LogP contribution in [0.25, 0.3) is 0 Å². The van der Waals surface area contributed by atoms with E-state index < -0.39 is 11.9 Å². The molecule has 1 rings (SSSR count). The maximum atomic E-state index is 12.7. The molecule has 0 heterocycles. The lowest BCUT2D eigenvalue weighted by atomic mass is 9.95. The first-order valence-corrected chi connectivity index (χ1v) is 8.63. The average molecular weight is 318 g/mol. The van der Waals surface area contributed by atoms with Crippen LogP contribution in [-0.4, -0.2) is 22.8 Å². The lowest BCUT2D eigenvalue weighted by Gasteiger charge is -2.33. The highest BCUT2D eigenvalue weighted by Crippen LogP contribution is 2.20. The molecule has 0 aliphatic carbocycles. The van der Waals surface area contributed by atoms with Crippen molar-refractivity contribution in [3.8, 4) is 0 Å². The zero-order chi connectivity index (χ0) is 17.2. The summed E-state index contributed by atoms with van der Waals surface area (Å²) in [5.74, 6) is -0.350. The summed E-state index contributed by atoms with van der Waals surface area (Å²) in [5.41, 5.74) is 6.65. The lowest BCUT2D eigenvalue weighted by Crippen LogP contribution is -2.50. The van der Waals surface area contributed by atoms with Gasteiger partial charge in [-0.05, 0) is 17.9 Å². The molecule has 1 aromatic rings. The number of primary amides is 1. The lowest BCUT2D eigenvalue weighted by molar-refractivity contribution is -0.142. The predicted molar refractivity (Wildman–Crippen MR) is 93.6 cm³/mol. The van der Waals surface area contributed by atoms with Crippen molar-refractivity contribution < 1.29 is 9.59 Å². The van der Waals surface area contributed by atoms with E-state index >= 15 is 0 Å². The standard InChI is InChI=1S/C19H30N2O2/c1-4-6-8-13-17(22)21(14-16-11-9-7-10-12-16)18(19(20)23)15(3)5-2/h7,9-12,15,18H,4-6,8,13-14H2,1-3H3,(H2,20,23)/t15-,18-/m0/s1. The third kappa shape index (κ3) is 6.05. The molecule has 0 spiro atoms. The monoisotopic (exact) mass is 318 g/mol. The molecule has 0 aromatic heterocycles. The van der Waals surface area contributed by atoms with Gasteiger partial charge in [-0.1, -0.05) is 70.4 Å². The number of hydrogen-bond donors (Lipinski definition) is 1. The topological polar surface area (TPSA) is 63.4 Å². The molecule has 1 aromatic carbocycles. The summed E-state index contributed by atoms with van der Waals surface area (Å²) in [6, 6.07) is 9.23. The number of amides is 2. The first-order valence-electron chi connectivity index (χ1n) is 8.63. The van der Waals surface area contributed by atoms with Gasteiger partial charge in [-0.3, -0.25) is 9.59 Å². The first kappa shape index (κ1) is 19.2. The van der Waals surface area contributed by atoms with Gasteiger partial charge in [-0.25, -0.2) is 0 Å². The van der Waals surface area contributed by atoms with Crippen molar-refractivity contribution in [2.45, 2.75) is 65.5 Å². The van der Waals surface area contributed by atoms with Crippen molar-refractivity contribution in [1.29, 1.82) is 0 Å². The number of carbonyl (C=O) groups is 2. The van der Waals surface area contributed by atoms with Gasteiger partial charge in [0.1, 0.15) is 6.04 Å². The van der Waals surface area contributed by atoms with Crippen LogP contribution in [0, 0.1) is 5.92 Å². The van der Waals surface area contributed by atoms with Crippen molar-refractivity contribution in [1.82, 2.24) is 4.90 Å². The van der Waals surface area contributed by atoms with Crippen LogP contribution >= 0.6 is 0 Å². The molecular formula is C19H30N2O2. The van der Waals surface area contributed by atoms with Crippen LogP contribution in [0.1, 0.15) is 58.4 Å². The molecule has 0 bridgehead atoms. The van der Waals surface area contributed by atoms with Gasteiger partial charge in [-0.2, -0.15) is 0 Å². The average Bonchev–Trinajstić information content (AvgIpc) is 2.54. The van der Waals surface area contributed by atoms with Crippen molar-refractivity contribution >= 4 is 11.8 Å². The van der Waals surface area contributed by atoms with E-state index in [-0.39, 0.29) is 11.8 Å². The largest absolute Gasteiger partial charge is 0.368 e. The zero-order valence-corrected chi connectivity index (χ0v) is 14.6. The van der Waals surface area contributed by atoms with Crippen LogP contribution in [-0.2, 0) is 16.1 Å². The Labute approximate surface area is 140 Å². The fraction of sp³-hybridized carbons (Fsp3) is 0.579. The van der Waals surface area contributed by atoms with Gasteiger partial charge in [0, 0.05) is 13.0 Å². The molecule has 2 N–H and O–H groups in total. The van der Waals surface area contributed by atoms with Crippen molar-refractivity contribution in [3.63, 3.8) is 0 Å². The number of rotatable bonds is 10. The minimum Gasteiger partial charge on any atom is -0.368 e. The predicted octanol–water partition coefficient (Wildman–Crippen LogP) is 3.50. The van der Waals surface area contributed by atoms with Gasteiger partial charge in [0.2, 0.25) is 11.8 Å². The number of unbranched alkanes of at least 4 members (excludes halogenated alkanes) is 2. The van der Waals surface area contributed by atoms with Crippen LogP contribution in [0.5, 0.6) is 0 Å². The molecule has 0 radical (unpaired) electrons. The van der Waals surface area contributed by atoms with Gasteiger partial charge >= 0.3 is 0 Å². The normalized spacial score (nSPS) is 13.3. The van der Waals surface area contributed by atoms with E-state index in [9.17, 15) is 9.59 Å². The molecule has 0 saturated heterocycles. The molecule has 4 heteroatoms. The molecule has 0 fully saturated rings. The van der Waals surface area contributed by atoms with Crippen LogP contribution in [0.2, 0.25) is 0 Å². The SMILES string of the molecule is CCCCCC(=O)N(Cc1ccccc1)[C@H](C(N)=O)[C@@H](C)CC. The maximum absolute atomic E-state index is 12.7. The summed E-state index contributed by atoms with van der Waals surface area (Å²) < 4.78 is 0. The third-order valence-electron chi connectivity index (χ3n) is 4.32. The summed E-state index contributed by atoms with van der Waals surface area (Å²) in [5, 5.41) is 0. The van der Waals surface area contributed by atoms with E-state index in [1.165, 1.54) is 0 Å². The highest BCUT2D eigenvalue weighted by atomic mass is 16.2. The Bertz CT molecular complexity index is 487. The van der Waals surface area contributed by atoms with Gasteiger partial charge in [-0.15, -0.1) is 0 Å². The first-order chi connectivity index (χ1) is 11.0. The van der Waals surface area contributed by atoms with E-state index in [1.54, 1.807) is 4.90 Å². The smallest absolute Gasteiger partial charge is 0.240 e. The minimum absolute atomic E-state index is 0.0198. The van der Waals surface area contributed by atoms with Crippen molar-refractivity contribution in [2.75, 3.05) is 0 Å². The van der Waals surface area contributed by atoms with E-state index in [1.807, 2.05) is 44.2 Å². The third-order valence-corrected chi connectivity index (χ3v) is 4.32. The van der Waals surface area contributed by atoms with Crippen LogP contribution in [0.3, 0.4) is 0 Å². The summed E-state index contributed by atoms with van der Waals surface area (Å²) in [6.07, 6.45) is 4.22. The quantitative estimate of drug-likeness (QED) is 0.671. The fourth-order valence-electron chi connectivity index (χ4n) is 2.76. The Morgan fingerprint density at radius 2 is 1.78 bits per heavy atom. The second-order valence-electron chi connectivity index (χ2n) is 6.20. The molecule has 23 heavy (non-hydrogen) atoms. The molecule has 2 amide bonds. The van der Waals surface area contributed by atoms with Crippen LogP contribution in [0.4, 0.5) is 0 Å². The summed E-state index contributed by atoms with van der Waals surface area (Å²) in [6.45, 7) is 6.54. The number of hydrogen-bond acceptors (Lipinski definition) is 2. The maximum Gasteiger partial charge on any atom is 0.240 e. The molecule has 4 nitrogen and oxygen atoms in total. The Morgan fingerprint density at radius 3 is 2.30 bits per heavy atom. The number of nitrogens with zero attached hydrogens (tertiary/aromatic N) is 1. The molecule has 2 atom stereocenters. The molecular weight excluding hydrogens is 288 g/mol. The van der Waals surface area contributed by atoms with Crippen molar-refractivity contribution in [3.05, 3.63) is 35.9 Å². The summed E-state index contributed by atoms with van der Waals surface area (Å²) in [4.78, 5) is 26.4. The Balaban J connectivity index is 2.98. The van der Waals surface area contributed by atoms with Gasteiger partial charge in [0.15, 0.2) is 0 Å². The zero-order valence-electron chi connectivity index (χ0n) is 14.6. The highest BCUT2D eigenvalue weighted by Gasteiger charge is 2.31. The van der Waals surface area contributed by atoms with E-state index in [0.717, 1.165) is 31.2 Å². The molecule has 0 aliphatic heterocycles. The number of benzene rings is 1. The van der Waals surface area contributed by atoms with Crippen LogP contribution in [0.15, 0.2) is 30.3 Å². The Morgan fingerprint density at radius 1 is 1.13 bits per heavy atom. The summed E-state index contributed by atoms with van der Waals surface area (Å²) in [7, 11) is 0. The van der Waals surface area contributed by atoms with Gasteiger partial charge < -0.3 is 10.6 Å². The van der Waals surface area contributed by atoms with E-state index in [0.29, 0.717) is 13.0 Å². The van der Waals surface area contributed by atoms with Crippen LogP contribution < -0.4 is 5.73 Å². The van der Waals surface area contributed by atoms with Crippen molar-refractivity contribution in [2.24, 2.45) is 11.7 Å². The molecule has 0 unspecified atom stereocenters. The van der Waals surface area contributed by atoms with Gasteiger partial charge in [0.05, 0.1) is 0 Å². The highest BCUT2D eigenvalue weighted by molar-refractivity contribution is 5.86. The second kappa shape index (κ2) is 10.0. The second-order valence-corrected chi connectivity index (χ2v) is 6.20. The Hall–Kier alpha value is -1.84. The summed E-state index contributed by atoms with van der Waals surface area (Å²) >= 11 is 0. The molecule has 128 valence electrons. The molecule has 0 saturated carbocycles. The minimum atomic E-state index is -0.547. The number of nitrogens with two attached hydrogens (primary N) is 1. The van der Waals surface area contributed by atoms with E-state index in [2.05, 4.69) is 6.92 Å². The number of carbonyl (C=O) groups excluding carboxylic acids is 2. The van der Waals surface area contributed by atoms with Gasteiger partial charge in [0.25, 0.3) is 0 Å². The molecule has 0 aliphatic rings. The Kier molecular flexibility index (Phi) is 8.38. The fourth-order valence-corrected chi connectivity index (χ4v) is 2.76. The van der Waals surface area contributed by atoms with E-state index in [4.69, 9.17) is 5.73 Å².